The second-order valence-corrected chi connectivity index (χ2v) is 2.50. The highest BCUT2D eigenvalue weighted by Crippen LogP contribution is 2.12. The summed E-state index contributed by atoms with van der Waals surface area (Å²) in [4.78, 5) is 0. The van der Waals surface area contributed by atoms with Gasteiger partial charge in [-0.2, -0.15) is 0 Å². The van der Waals surface area contributed by atoms with E-state index in [2.05, 4.69) is 21.0 Å². The molecule has 1 rings (SSSR count). The Bertz CT molecular complexity index is 222. The van der Waals surface area contributed by atoms with Crippen molar-refractivity contribution in [1.29, 1.82) is 0 Å². The van der Waals surface area contributed by atoms with Gasteiger partial charge in [-0.1, -0.05) is 15.9 Å². The van der Waals surface area contributed by atoms with Gasteiger partial charge >= 0.3 is 0 Å². The van der Waals surface area contributed by atoms with Crippen LogP contribution in [0.5, 0.6) is 5.88 Å². The molecule has 0 fully saturated rings. The fourth-order valence-electron chi connectivity index (χ4n) is 0.702. The molecular formula is C6H9BrN2O. The van der Waals surface area contributed by atoms with Crippen LogP contribution in [0.3, 0.4) is 0 Å². The van der Waals surface area contributed by atoms with E-state index in [0.717, 1.165) is 11.0 Å². The van der Waals surface area contributed by atoms with Crippen molar-refractivity contribution in [3.05, 3.63) is 11.8 Å². The molecule has 0 N–H and O–H groups in total. The molecule has 0 unspecified atom stereocenters. The molecule has 56 valence electrons. The Hall–Kier alpha value is -0.510. The molecule has 1 heterocycles. The van der Waals surface area contributed by atoms with Gasteiger partial charge < -0.3 is 4.74 Å². The fraction of sp³-hybridized carbons (Fsp3) is 0.500. The molecule has 0 atom stereocenters. The van der Waals surface area contributed by atoms with Crippen molar-refractivity contribution in [3.8, 4) is 5.88 Å². The van der Waals surface area contributed by atoms with E-state index in [1.165, 1.54) is 0 Å². The molecule has 1 aromatic heterocycles. The number of rotatable bonds is 2. The maximum atomic E-state index is 4.92. The van der Waals surface area contributed by atoms with Crippen LogP contribution in [-0.4, -0.2) is 16.9 Å². The Morgan fingerprint density at radius 1 is 1.80 bits per heavy atom. The van der Waals surface area contributed by atoms with Gasteiger partial charge in [0.1, 0.15) is 0 Å². The first-order valence-corrected chi connectivity index (χ1v) is 4.03. The molecule has 0 saturated carbocycles. The Morgan fingerprint density at radius 2 is 2.50 bits per heavy atom. The van der Waals surface area contributed by atoms with Gasteiger partial charge in [0.25, 0.3) is 0 Å². The van der Waals surface area contributed by atoms with Crippen LogP contribution in [0.2, 0.25) is 0 Å². The molecule has 0 aliphatic rings. The predicted octanol–water partition coefficient (Wildman–Crippen LogP) is 1.32. The van der Waals surface area contributed by atoms with Crippen molar-refractivity contribution in [3.63, 3.8) is 0 Å². The van der Waals surface area contributed by atoms with E-state index in [4.69, 9.17) is 4.74 Å². The van der Waals surface area contributed by atoms with Crippen LogP contribution in [0, 0.1) is 0 Å². The van der Waals surface area contributed by atoms with E-state index in [1.807, 2.05) is 13.1 Å². The minimum Gasteiger partial charge on any atom is -0.480 e. The van der Waals surface area contributed by atoms with Crippen molar-refractivity contribution in [1.82, 2.24) is 9.78 Å². The van der Waals surface area contributed by atoms with Crippen LogP contribution in [0.4, 0.5) is 0 Å². The first-order valence-electron chi connectivity index (χ1n) is 2.90. The largest absolute Gasteiger partial charge is 0.480 e. The SMILES string of the molecule is COc1cc(CBr)n(C)n1. The first-order chi connectivity index (χ1) is 4.77. The fourth-order valence-corrected chi connectivity index (χ4v) is 1.23. The molecule has 0 amide bonds. The molecule has 3 nitrogen and oxygen atoms in total. The van der Waals surface area contributed by atoms with Gasteiger partial charge in [-0.3, -0.25) is 4.68 Å². The van der Waals surface area contributed by atoms with Crippen LogP contribution >= 0.6 is 15.9 Å². The minimum absolute atomic E-state index is 0.664. The van der Waals surface area contributed by atoms with Crippen LogP contribution in [0.15, 0.2) is 6.07 Å². The monoisotopic (exact) mass is 204 g/mol. The van der Waals surface area contributed by atoms with Gasteiger partial charge in [-0.15, -0.1) is 5.10 Å². The zero-order chi connectivity index (χ0) is 7.56. The summed E-state index contributed by atoms with van der Waals surface area (Å²) < 4.78 is 6.71. The lowest BCUT2D eigenvalue weighted by Crippen LogP contribution is -1.94. The first kappa shape index (κ1) is 7.60. The summed E-state index contributed by atoms with van der Waals surface area (Å²) in [5, 5.41) is 4.87. The minimum atomic E-state index is 0.664. The summed E-state index contributed by atoms with van der Waals surface area (Å²) in [6, 6.07) is 1.90. The number of ether oxygens (including phenoxy) is 1. The Labute approximate surface area is 68.1 Å². The molecule has 4 heteroatoms. The average molecular weight is 205 g/mol. The van der Waals surface area contributed by atoms with Gasteiger partial charge in [0, 0.05) is 18.4 Å². The Kier molecular flexibility index (Phi) is 2.32. The molecule has 0 radical (unpaired) electrons. The van der Waals surface area contributed by atoms with E-state index in [0.29, 0.717) is 5.88 Å². The number of aryl methyl sites for hydroxylation is 1. The van der Waals surface area contributed by atoms with Crippen LogP contribution < -0.4 is 4.74 Å². The second kappa shape index (κ2) is 3.05. The van der Waals surface area contributed by atoms with Crippen molar-refractivity contribution in [2.75, 3.05) is 7.11 Å². The standard InChI is InChI=1S/C6H9BrN2O/c1-9-5(4-7)3-6(8-9)10-2/h3H,4H2,1-2H3. The number of aromatic nitrogens is 2. The summed E-state index contributed by atoms with van der Waals surface area (Å²) in [5.41, 5.74) is 1.11. The molecule has 0 spiro atoms. The van der Waals surface area contributed by atoms with E-state index in [1.54, 1.807) is 11.8 Å². The maximum absolute atomic E-state index is 4.92. The summed E-state index contributed by atoms with van der Waals surface area (Å²) in [6.07, 6.45) is 0. The number of nitrogens with zero attached hydrogens (tertiary/aromatic N) is 2. The summed E-state index contributed by atoms with van der Waals surface area (Å²) >= 11 is 3.33. The van der Waals surface area contributed by atoms with Gasteiger partial charge in [-0.05, 0) is 0 Å². The van der Waals surface area contributed by atoms with Crippen molar-refractivity contribution in [2.24, 2.45) is 7.05 Å². The number of methoxy groups -OCH3 is 1. The lowest BCUT2D eigenvalue weighted by atomic mass is 10.5. The van der Waals surface area contributed by atoms with Gasteiger partial charge in [0.15, 0.2) is 0 Å². The third kappa shape index (κ3) is 1.31. The van der Waals surface area contributed by atoms with E-state index in [-0.39, 0.29) is 0 Å². The molecule has 1 aromatic rings. The molecule has 10 heavy (non-hydrogen) atoms. The highest BCUT2D eigenvalue weighted by molar-refractivity contribution is 9.08. The zero-order valence-corrected chi connectivity index (χ0v) is 7.55. The van der Waals surface area contributed by atoms with Crippen LogP contribution in [0.25, 0.3) is 0 Å². The van der Waals surface area contributed by atoms with Crippen molar-refractivity contribution >= 4 is 15.9 Å². The lowest BCUT2D eigenvalue weighted by molar-refractivity contribution is 0.392. The molecule has 0 aliphatic heterocycles. The number of alkyl halides is 1. The third-order valence-electron chi connectivity index (χ3n) is 1.30. The average Bonchev–Trinajstić information content (AvgIpc) is 2.30. The van der Waals surface area contributed by atoms with Crippen molar-refractivity contribution < 1.29 is 4.74 Å². The highest BCUT2D eigenvalue weighted by atomic mass is 79.9. The summed E-state index contributed by atoms with van der Waals surface area (Å²) in [5.74, 6) is 0.664. The lowest BCUT2D eigenvalue weighted by Gasteiger charge is -1.91. The third-order valence-corrected chi connectivity index (χ3v) is 1.87. The molecule has 0 aliphatic carbocycles. The van der Waals surface area contributed by atoms with Gasteiger partial charge in [-0.25, -0.2) is 0 Å². The smallest absolute Gasteiger partial charge is 0.232 e. The summed E-state index contributed by atoms with van der Waals surface area (Å²) in [6.45, 7) is 0. The topological polar surface area (TPSA) is 27.1 Å². The Morgan fingerprint density at radius 3 is 2.80 bits per heavy atom. The molecule has 0 bridgehead atoms. The molecular weight excluding hydrogens is 196 g/mol. The zero-order valence-electron chi connectivity index (χ0n) is 5.97. The number of hydrogen-bond acceptors (Lipinski definition) is 2. The Balaban J connectivity index is 2.92. The molecule has 0 aromatic carbocycles. The van der Waals surface area contributed by atoms with E-state index >= 15 is 0 Å². The van der Waals surface area contributed by atoms with Crippen LogP contribution in [-0.2, 0) is 12.4 Å². The van der Waals surface area contributed by atoms with E-state index in [9.17, 15) is 0 Å². The van der Waals surface area contributed by atoms with Crippen LogP contribution in [0.1, 0.15) is 5.69 Å². The normalized spacial score (nSPS) is 9.90. The van der Waals surface area contributed by atoms with Crippen molar-refractivity contribution in [2.45, 2.75) is 5.33 Å². The highest BCUT2D eigenvalue weighted by Gasteiger charge is 2.01. The van der Waals surface area contributed by atoms with Gasteiger partial charge in [0.2, 0.25) is 5.88 Å². The van der Waals surface area contributed by atoms with Gasteiger partial charge in [0.05, 0.1) is 12.8 Å². The second-order valence-electron chi connectivity index (χ2n) is 1.94. The quantitative estimate of drug-likeness (QED) is 0.681. The number of halogens is 1. The predicted molar refractivity (Wildman–Crippen MR) is 42.4 cm³/mol. The molecule has 0 saturated heterocycles. The van der Waals surface area contributed by atoms with E-state index < -0.39 is 0 Å². The maximum Gasteiger partial charge on any atom is 0.232 e. The number of hydrogen-bond donors (Lipinski definition) is 0. The summed E-state index contributed by atoms with van der Waals surface area (Å²) in [7, 11) is 3.50.